The van der Waals surface area contributed by atoms with Crippen LogP contribution in [0.1, 0.15) is 11.1 Å². The van der Waals surface area contributed by atoms with E-state index in [0.717, 1.165) is 4.90 Å². The molecule has 3 rings (SSSR count). The minimum atomic E-state index is -2.08. The van der Waals surface area contributed by atoms with Crippen LogP contribution in [0.5, 0.6) is 0 Å². The Hall–Kier alpha value is -3.19. The van der Waals surface area contributed by atoms with Crippen LogP contribution in [0.4, 0.5) is 4.79 Å². The Kier molecular flexibility index (Phi) is 4.99. The van der Waals surface area contributed by atoms with Gasteiger partial charge in [-0.2, -0.15) is 0 Å². The Labute approximate surface area is 149 Å². The molecule has 0 atom stereocenters. The zero-order chi connectivity index (χ0) is 18.6. The predicted molar refractivity (Wildman–Crippen MR) is 89.9 cm³/mol. The molecule has 1 aliphatic rings. The lowest BCUT2D eigenvalue weighted by molar-refractivity contribution is -0.165. The summed E-state index contributed by atoms with van der Waals surface area (Å²) in [5, 5.41) is 11.2. The number of rotatable bonds is 5. The minimum absolute atomic E-state index is 0.108. The van der Waals surface area contributed by atoms with Gasteiger partial charge in [0.25, 0.3) is 5.91 Å². The Morgan fingerprint density at radius 2 is 1.58 bits per heavy atom. The third-order valence-corrected chi connectivity index (χ3v) is 4.07. The third kappa shape index (κ3) is 3.29. The summed E-state index contributed by atoms with van der Waals surface area (Å²) < 4.78 is 9.73. The number of amides is 2. The normalized spacial score (nSPS) is 14.0. The quantitative estimate of drug-likeness (QED) is 0.816. The Morgan fingerprint density at radius 3 is 2.04 bits per heavy atom. The summed E-state index contributed by atoms with van der Waals surface area (Å²) in [4.78, 5) is 37.0. The zero-order valence-corrected chi connectivity index (χ0v) is 13.8. The molecule has 1 saturated heterocycles. The van der Waals surface area contributed by atoms with E-state index in [1.165, 1.54) is 0 Å². The molecule has 0 unspecified atom stereocenters. The summed E-state index contributed by atoms with van der Waals surface area (Å²) in [6.45, 7) is -0.455. The van der Waals surface area contributed by atoms with Crippen LogP contribution in [0.15, 0.2) is 60.7 Å². The van der Waals surface area contributed by atoms with Gasteiger partial charge in [-0.25, -0.2) is 14.5 Å². The lowest BCUT2D eigenvalue weighted by Crippen LogP contribution is -2.41. The number of hydrogen-bond donors (Lipinski definition) is 1. The monoisotopic (exact) mass is 355 g/mol. The van der Waals surface area contributed by atoms with E-state index in [0.29, 0.717) is 11.1 Å². The largest absolute Gasteiger partial charge is 0.453 e. The molecule has 2 aromatic rings. The first-order valence-corrected chi connectivity index (χ1v) is 8.01. The number of hydrogen-bond acceptors (Lipinski definition) is 6. The second kappa shape index (κ2) is 7.37. The van der Waals surface area contributed by atoms with Crippen molar-refractivity contribution in [2.24, 2.45) is 0 Å². The number of nitrogens with zero attached hydrogens (tertiary/aromatic N) is 1. The Morgan fingerprint density at radius 1 is 1.04 bits per heavy atom. The van der Waals surface area contributed by atoms with Gasteiger partial charge in [0, 0.05) is 0 Å². The second-order valence-electron chi connectivity index (χ2n) is 5.68. The van der Waals surface area contributed by atoms with Crippen LogP contribution >= 0.6 is 0 Å². The molecule has 2 aromatic carbocycles. The van der Waals surface area contributed by atoms with E-state index < -0.39 is 30.2 Å². The fraction of sp³-hybridized carbons (Fsp3) is 0.211. The van der Waals surface area contributed by atoms with Gasteiger partial charge in [0.15, 0.2) is 6.61 Å². The predicted octanol–water partition coefficient (Wildman–Crippen LogP) is 1.44. The first kappa shape index (κ1) is 17.6. The van der Waals surface area contributed by atoms with Crippen molar-refractivity contribution in [1.29, 1.82) is 0 Å². The first-order valence-electron chi connectivity index (χ1n) is 8.01. The van der Waals surface area contributed by atoms with Crippen LogP contribution in [0, 0.1) is 0 Å². The van der Waals surface area contributed by atoms with E-state index in [1.807, 2.05) is 0 Å². The maximum absolute atomic E-state index is 12.7. The maximum Gasteiger partial charge on any atom is 0.416 e. The molecule has 2 amide bonds. The number of benzene rings is 2. The Balaban J connectivity index is 1.82. The number of aliphatic hydroxyl groups is 1. The van der Waals surface area contributed by atoms with Gasteiger partial charge in [-0.15, -0.1) is 0 Å². The molecule has 0 spiro atoms. The van der Waals surface area contributed by atoms with Crippen molar-refractivity contribution in [2.75, 3.05) is 19.8 Å². The van der Waals surface area contributed by atoms with Crippen LogP contribution in [-0.2, 0) is 24.7 Å². The van der Waals surface area contributed by atoms with E-state index >= 15 is 0 Å². The first-order chi connectivity index (χ1) is 12.5. The van der Waals surface area contributed by atoms with Gasteiger partial charge in [0.05, 0.1) is 6.54 Å². The van der Waals surface area contributed by atoms with Crippen LogP contribution in [-0.4, -0.2) is 47.7 Å². The summed E-state index contributed by atoms with van der Waals surface area (Å²) in [6, 6.07) is 16.6. The molecule has 0 bridgehead atoms. The molecule has 1 heterocycles. The molecular weight excluding hydrogens is 338 g/mol. The van der Waals surface area contributed by atoms with E-state index in [-0.39, 0.29) is 13.2 Å². The van der Waals surface area contributed by atoms with Gasteiger partial charge in [-0.1, -0.05) is 60.7 Å². The van der Waals surface area contributed by atoms with Gasteiger partial charge in [0.2, 0.25) is 5.60 Å². The highest BCUT2D eigenvalue weighted by Gasteiger charge is 2.42. The molecule has 26 heavy (non-hydrogen) atoms. The third-order valence-electron chi connectivity index (χ3n) is 4.07. The fourth-order valence-corrected chi connectivity index (χ4v) is 2.69. The number of imide groups is 1. The number of ether oxygens (including phenoxy) is 2. The lowest BCUT2D eigenvalue weighted by Gasteiger charge is -2.27. The molecule has 7 heteroatoms. The Bertz CT molecular complexity index is 766. The fourth-order valence-electron chi connectivity index (χ4n) is 2.69. The average Bonchev–Trinajstić information content (AvgIpc) is 3.12. The molecule has 0 saturated carbocycles. The lowest BCUT2D eigenvalue weighted by atomic mass is 9.86. The second-order valence-corrected chi connectivity index (χ2v) is 5.68. The minimum Gasteiger partial charge on any atom is -0.453 e. The van der Waals surface area contributed by atoms with Gasteiger partial charge >= 0.3 is 12.1 Å². The van der Waals surface area contributed by atoms with Crippen molar-refractivity contribution in [2.45, 2.75) is 5.60 Å². The van der Waals surface area contributed by atoms with Gasteiger partial charge in [-0.3, -0.25) is 4.79 Å². The van der Waals surface area contributed by atoms with Crippen molar-refractivity contribution in [3.8, 4) is 0 Å². The highest BCUT2D eigenvalue weighted by atomic mass is 16.6. The van der Waals surface area contributed by atoms with Crippen molar-refractivity contribution >= 4 is 18.0 Å². The standard InChI is InChI=1S/C19H17NO6/c21-16(20-11-12-25-18(20)23)13-26-17(22)19(24,14-7-3-1-4-8-14)15-9-5-2-6-10-15/h1-10,24H,11-13H2. The maximum atomic E-state index is 12.7. The summed E-state index contributed by atoms with van der Waals surface area (Å²) in [7, 11) is 0. The van der Waals surface area contributed by atoms with E-state index in [9.17, 15) is 19.5 Å². The average molecular weight is 355 g/mol. The zero-order valence-electron chi connectivity index (χ0n) is 13.8. The summed E-state index contributed by atoms with van der Waals surface area (Å²) >= 11 is 0. The van der Waals surface area contributed by atoms with Crippen LogP contribution in [0.3, 0.4) is 0 Å². The van der Waals surface area contributed by atoms with Crippen LogP contribution in [0.2, 0.25) is 0 Å². The molecule has 0 aliphatic carbocycles. The number of esters is 1. The molecule has 1 aliphatic heterocycles. The molecule has 1 N–H and O–H groups in total. The topological polar surface area (TPSA) is 93.1 Å². The van der Waals surface area contributed by atoms with Crippen LogP contribution in [0.25, 0.3) is 0 Å². The van der Waals surface area contributed by atoms with Crippen molar-refractivity contribution in [1.82, 2.24) is 4.90 Å². The van der Waals surface area contributed by atoms with Crippen molar-refractivity contribution in [3.05, 3.63) is 71.8 Å². The van der Waals surface area contributed by atoms with E-state index in [2.05, 4.69) is 4.74 Å². The van der Waals surface area contributed by atoms with Crippen LogP contribution < -0.4 is 0 Å². The van der Waals surface area contributed by atoms with Crippen molar-refractivity contribution < 1.29 is 29.0 Å². The summed E-state index contributed by atoms with van der Waals surface area (Å²) in [5.41, 5.74) is -1.46. The molecule has 7 nitrogen and oxygen atoms in total. The number of carbonyl (C=O) groups is 3. The number of cyclic esters (lactones) is 1. The van der Waals surface area contributed by atoms with Gasteiger partial charge in [-0.05, 0) is 11.1 Å². The molecule has 134 valence electrons. The van der Waals surface area contributed by atoms with E-state index in [4.69, 9.17) is 4.74 Å². The molecular formula is C19H17NO6. The smallest absolute Gasteiger partial charge is 0.416 e. The highest BCUT2D eigenvalue weighted by molar-refractivity contribution is 5.95. The SMILES string of the molecule is O=C(COC(=O)C(O)(c1ccccc1)c1ccccc1)N1CCOC1=O. The van der Waals surface area contributed by atoms with Gasteiger partial charge < -0.3 is 14.6 Å². The van der Waals surface area contributed by atoms with E-state index in [1.54, 1.807) is 60.7 Å². The molecule has 0 aromatic heterocycles. The summed E-state index contributed by atoms with van der Waals surface area (Å²) in [6.07, 6.45) is -0.771. The van der Waals surface area contributed by atoms with Gasteiger partial charge in [0.1, 0.15) is 6.61 Å². The number of carbonyl (C=O) groups excluding carboxylic acids is 3. The summed E-state index contributed by atoms with van der Waals surface area (Å²) in [5.74, 6) is -1.71. The molecule has 0 radical (unpaired) electrons. The molecule has 1 fully saturated rings. The van der Waals surface area contributed by atoms with Crippen molar-refractivity contribution in [3.63, 3.8) is 0 Å². The highest BCUT2D eigenvalue weighted by Crippen LogP contribution is 2.31.